The van der Waals surface area contributed by atoms with Crippen LogP contribution in [-0.2, 0) is 35.1 Å². The summed E-state index contributed by atoms with van der Waals surface area (Å²) in [5, 5.41) is 0. The molecule has 0 spiro atoms. The van der Waals surface area contributed by atoms with E-state index in [2.05, 4.69) is 120 Å². The minimum absolute atomic E-state index is 0. The molecule has 0 N–H and O–H groups in total. The molecule has 0 aliphatic heterocycles. The summed E-state index contributed by atoms with van der Waals surface area (Å²) in [6, 6.07) is 0. The van der Waals surface area contributed by atoms with Crippen molar-refractivity contribution in [1.29, 1.82) is 0 Å². The topological polar surface area (TPSA) is 18.5 Å². The predicted octanol–water partition coefficient (Wildman–Crippen LogP) is 3.66. The average Bonchev–Trinajstić information content (AvgIpc) is 3.36. The minimum atomic E-state index is -1.74. The van der Waals surface area contributed by atoms with Gasteiger partial charge in [-0.3, -0.25) is 0 Å². The van der Waals surface area contributed by atoms with Crippen LogP contribution >= 0.6 is 0 Å². The third-order valence-corrected chi connectivity index (χ3v) is 19.3. The molecule has 0 amide bonds. The Morgan fingerprint density at radius 2 is 0.771 bits per heavy atom. The number of hydrogen-bond donors (Lipinski definition) is 0. The first-order chi connectivity index (χ1) is 14.8. The monoisotopic (exact) mass is 634 g/mol. The SMILES string of the molecule is CC(C)[Si](OC1=[C-]CC=C1)(C(C)C)C(C)C.CC(C)[Si](OC1=[C-]CC=C1)(C(C)C)C(C)C.[Cl-].[Cl-].[Zr+4]. The molecule has 0 saturated heterocycles. The minimum Gasteiger partial charge on any atom is -1.00 e. The van der Waals surface area contributed by atoms with E-state index in [1.165, 1.54) is 0 Å². The second-order valence-electron chi connectivity index (χ2n) is 11.1. The Morgan fingerprint density at radius 1 is 0.543 bits per heavy atom. The average molecular weight is 637 g/mol. The Labute approximate surface area is 252 Å². The first-order valence-corrected chi connectivity index (χ1v) is 17.0. The Hall–Kier alpha value is 0.457. The molecule has 200 valence electrons. The smallest absolute Gasteiger partial charge is 1.00 e. The van der Waals surface area contributed by atoms with E-state index in [1.807, 2.05) is 0 Å². The zero-order valence-corrected chi connectivity index (χ0v) is 30.2. The van der Waals surface area contributed by atoms with Crippen molar-refractivity contribution in [2.24, 2.45) is 0 Å². The summed E-state index contributed by atoms with van der Waals surface area (Å²) in [6.45, 7) is 27.7. The summed E-state index contributed by atoms with van der Waals surface area (Å²) >= 11 is 0. The van der Waals surface area contributed by atoms with E-state index >= 15 is 0 Å². The van der Waals surface area contributed by atoms with Gasteiger partial charge in [0.25, 0.3) is 16.6 Å². The molecule has 0 fully saturated rings. The van der Waals surface area contributed by atoms with E-state index in [0.717, 1.165) is 24.4 Å². The molecular formula is C28H50Cl2O2Si2Zr. The molecular weight excluding hydrogens is 587 g/mol. The van der Waals surface area contributed by atoms with E-state index < -0.39 is 16.6 Å². The number of allylic oxidation sites excluding steroid dienone is 6. The van der Waals surface area contributed by atoms with Crippen LogP contribution in [0.15, 0.2) is 35.8 Å². The molecule has 0 unspecified atom stereocenters. The van der Waals surface area contributed by atoms with Gasteiger partial charge in [0.15, 0.2) is 0 Å². The van der Waals surface area contributed by atoms with Crippen molar-refractivity contribution in [1.82, 2.24) is 0 Å². The fourth-order valence-corrected chi connectivity index (χ4v) is 16.5. The van der Waals surface area contributed by atoms with Crippen LogP contribution in [0.25, 0.3) is 0 Å². The Bertz CT molecular complexity index is 608. The zero-order chi connectivity index (χ0) is 24.7. The largest absolute Gasteiger partial charge is 4.00 e. The Morgan fingerprint density at radius 3 is 0.914 bits per heavy atom. The summed E-state index contributed by atoms with van der Waals surface area (Å²) < 4.78 is 12.9. The van der Waals surface area contributed by atoms with Crippen LogP contribution in [0.4, 0.5) is 0 Å². The molecule has 0 saturated carbocycles. The van der Waals surface area contributed by atoms with Crippen LogP contribution in [-0.4, -0.2) is 16.6 Å². The molecule has 0 aromatic heterocycles. The maximum absolute atomic E-state index is 6.44. The van der Waals surface area contributed by atoms with E-state index in [1.54, 1.807) is 0 Å². The quantitative estimate of drug-likeness (QED) is 0.269. The van der Waals surface area contributed by atoms with Gasteiger partial charge in [-0.1, -0.05) is 94.6 Å². The van der Waals surface area contributed by atoms with Crippen molar-refractivity contribution in [2.75, 3.05) is 0 Å². The third-order valence-electron chi connectivity index (χ3n) is 7.31. The molecule has 0 atom stereocenters. The molecule has 2 aliphatic rings. The van der Waals surface area contributed by atoms with Crippen LogP contribution in [0, 0.1) is 12.2 Å². The van der Waals surface area contributed by atoms with Gasteiger partial charge >= 0.3 is 26.2 Å². The van der Waals surface area contributed by atoms with E-state index in [0.29, 0.717) is 33.2 Å². The second kappa shape index (κ2) is 17.9. The van der Waals surface area contributed by atoms with Crippen LogP contribution in [0.5, 0.6) is 0 Å². The van der Waals surface area contributed by atoms with Crippen molar-refractivity contribution >= 4 is 16.6 Å². The number of hydrogen-bond acceptors (Lipinski definition) is 2. The fraction of sp³-hybridized carbons (Fsp3) is 0.714. The summed E-state index contributed by atoms with van der Waals surface area (Å²) in [6.07, 6.45) is 16.8. The standard InChI is InChI=1S/2C14H25OSi.2ClH.Zr/c2*1-11(2)16(12(3)4,13(5)6)15-14-9-7-8-10-14;;;/h2*7,9,11-13H,8H2,1-6H3;2*1H;/q2*-1;;;+4/p-2. The first kappa shape index (κ1) is 40.0. The molecule has 2 rings (SSSR count). The maximum Gasteiger partial charge on any atom is 4.00 e. The van der Waals surface area contributed by atoms with Crippen LogP contribution in [0.3, 0.4) is 0 Å². The van der Waals surface area contributed by atoms with E-state index in [4.69, 9.17) is 8.85 Å². The van der Waals surface area contributed by atoms with Crippen molar-refractivity contribution < 1.29 is 59.9 Å². The number of rotatable bonds is 10. The summed E-state index contributed by atoms with van der Waals surface area (Å²) in [5.41, 5.74) is 3.81. The molecule has 7 heteroatoms. The predicted molar refractivity (Wildman–Crippen MR) is 145 cm³/mol. The fourth-order valence-electron chi connectivity index (χ4n) is 6.00. The Balaban J connectivity index is -0.000000539. The molecule has 0 heterocycles. The molecule has 2 aliphatic carbocycles. The van der Waals surface area contributed by atoms with Gasteiger partial charge in [0, 0.05) is 0 Å². The molecule has 0 bridgehead atoms. The van der Waals surface area contributed by atoms with Gasteiger partial charge in [-0.25, -0.2) is 12.2 Å². The summed E-state index contributed by atoms with van der Waals surface area (Å²) in [5.74, 6) is 1.98. The molecule has 0 aromatic carbocycles. The van der Waals surface area contributed by atoms with Crippen molar-refractivity contribution in [3.05, 3.63) is 48.0 Å². The molecule has 0 aromatic rings. The summed E-state index contributed by atoms with van der Waals surface area (Å²) in [4.78, 5) is 0. The van der Waals surface area contributed by atoms with Crippen molar-refractivity contribution in [2.45, 2.75) is 129 Å². The molecule has 35 heavy (non-hydrogen) atoms. The molecule has 2 nitrogen and oxygen atoms in total. The molecule has 0 radical (unpaired) electrons. The van der Waals surface area contributed by atoms with Gasteiger partial charge < -0.3 is 33.7 Å². The van der Waals surface area contributed by atoms with Crippen LogP contribution in [0.1, 0.15) is 95.9 Å². The van der Waals surface area contributed by atoms with Crippen molar-refractivity contribution in [3.8, 4) is 0 Å². The summed E-state index contributed by atoms with van der Waals surface area (Å²) in [7, 11) is -3.49. The van der Waals surface area contributed by atoms with Gasteiger partial charge in [-0.05, 0) is 33.2 Å². The van der Waals surface area contributed by atoms with Crippen LogP contribution < -0.4 is 24.8 Å². The maximum atomic E-state index is 6.44. The first-order valence-electron chi connectivity index (χ1n) is 12.7. The van der Waals surface area contributed by atoms with E-state index in [9.17, 15) is 0 Å². The van der Waals surface area contributed by atoms with Crippen LogP contribution in [0.2, 0.25) is 33.2 Å². The normalized spacial score (nSPS) is 15.0. The van der Waals surface area contributed by atoms with Gasteiger partial charge in [0.2, 0.25) is 0 Å². The van der Waals surface area contributed by atoms with E-state index in [-0.39, 0.29) is 51.0 Å². The van der Waals surface area contributed by atoms with Gasteiger partial charge in [-0.2, -0.15) is 24.3 Å². The van der Waals surface area contributed by atoms with Crippen molar-refractivity contribution in [3.63, 3.8) is 0 Å². The zero-order valence-electron chi connectivity index (χ0n) is 24.3. The number of halogens is 2. The van der Waals surface area contributed by atoms with Gasteiger partial charge in [0.05, 0.1) is 0 Å². The van der Waals surface area contributed by atoms with Gasteiger partial charge in [0.1, 0.15) is 0 Å². The Kier molecular flexibility index (Phi) is 20.4. The van der Waals surface area contributed by atoms with Gasteiger partial charge in [-0.15, -0.1) is 12.8 Å². The third kappa shape index (κ3) is 9.93. The second-order valence-corrected chi connectivity index (χ2v) is 21.9.